The molecule has 3 nitrogen and oxygen atoms in total. The van der Waals surface area contributed by atoms with E-state index in [1.54, 1.807) is 31.4 Å². The molecule has 0 fully saturated rings. The van der Waals surface area contributed by atoms with Gasteiger partial charge in [0.2, 0.25) is 0 Å². The lowest BCUT2D eigenvalue weighted by Crippen LogP contribution is -1.99. The first-order chi connectivity index (χ1) is 11.7. The van der Waals surface area contributed by atoms with Crippen molar-refractivity contribution in [1.82, 2.24) is 0 Å². The molecule has 0 bridgehead atoms. The van der Waals surface area contributed by atoms with Crippen LogP contribution in [0.5, 0.6) is 11.5 Å². The van der Waals surface area contributed by atoms with Crippen LogP contribution in [0.15, 0.2) is 54.6 Å². The van der Waals surface area contributed by atoms with Crippen molar-refractivity contribution in [2.45, 2.75) is 12.8 Å². The van der Waals surface area contributed by atoms with Gasteiger partial charge in [-0.15, -0.1) is 0 Å². The second kappa shape index (κ2) is 9.93. The Bertz CT molecular complexity index is 678. The van der Waals surface area contributed by atoms with Gasteiger partial charge in [0.1, 0.15) is 11.5 Å². The number of ether oxygens (including phenoxy) is 2. The first-order valence-electron chi connectivity index (χ1n) is 7.88. The molecule has 24 heavy (non-hydrogen) atoms. The first-order valence-corrected chi connectivity index (χ1v) is 9.00. The van der Waals surface area contributed by atoms with Crippen LogP contribution in [0, 0.1) is 0 Å². The van der Waals surface area contributed by atoms with E-state index in [1.165, 1.54) is 0 Å². The number of benzene rings is 2. The van der Waals surface area contributed by atoms with E-state index in [9.17, 15) is 4.79 Å². The molecule has 0 aromatic heterocycles. The molecule has 0 saturated carbocycles. The topological polar surface area (TPSA) is 35.5 Å². The lowest BCUT2D eigenvalue weighted by molar-refractivity contribution is 0.104. The number of carbonyl (C=O) groups is 1. The average Bonchev–Trinajstić information content (AvgIpc) is 2.64. The van der Waals surface area contributed by atoms with Gasteiger partial charge in [-0.3, -0.25) is 4.79 Å². The van der Waals surface area contributed by atoms with Crippen LogP contribution in [0.1, 0.15) is 28.8 Å². The molecular weight excluding hydrogens is 368 g/mol. The summed E-state index contributed by atoms with van der Waals surface area (Å²) in [6.07, 6.45) is 5.46. The van der Waals surface area contributed by atoms with Crippen LogP contribution in [-0.4, -0.2) is 24.8 Å². The summed E-state index contributed by atoms with van der Waals surface area (Å²) in [7, 11) is 1.62. The summed E-state index contributed by atoms with van der Waals surface area (Å²) < 4.78 is 10.8. The molecule has 126 valence electrons. The maximum Gasteiger partial charge on any atom is 0.185 e. The number of alkyl halides is 1. The van der Waals surface area contributed by atoms with Crippen LogP contribution >= 0.6 is 15.9 Å². The van der Waals surface area contributed by atoms with E-state index < -0.39 is 0 Å². The number of hydrogen-bond donors (Lipinski definition) is 0. The van der Waals surface area contributed by atoms with Gasteiger partial charge in [-0.05, 0) is 60.9 Å². The molecule has 0 spiro atoms. The number of methoxy groups -OCH3 is 1. The summed E-state index contributed by atoms with van der Waals surface area (Å²) in [5.74, 6) is 1.52. The predicted molar refractivity (Wildman–Crippen MR) is 101 cm³/mol. The molecule has 0 aliphatic rings. The summed E-state index contributed by atoms with van der Waals surface area (Å²) in [6.45, 7) is 0.689. The third kappa shape index (κ3) is 5.85. The Morgan fingerprint density at radius 2 is 1.88 bits per heavy atom. The quantitative estimate of drug-likeness (QED) is 0.258. The SMILES string of the molecule is COc1cccc(C=CC(=O)c2ccc(OCCCCBr)cc2)c1. The summed E-state index contributed by atoms with van der Waals surface area (Å²) in [6, 6.07) is 14.8. The maximum absolute atomic E-state index is 12.2. The highest BCUT2D eigenvalue weighted by Crippen LogP contribution is 2.16. The lowest BCUT2D eigenvalue weighted by atomic mass is 10.1. The molecule has 0 radical (unpaired) electrons. The van der Waals surface area contributed by atoms with Crippen molar-refractivity contribution in [3.8, 4) is 11.5 Å². The van der Waals surface area contributed by atoms with Crippen LogP contribution in [0.2, 0.25) is 0 Å². The van der Waals surface area contributed by atoms with Gasteiger partial charge < -0.3 is 9.47 Å². The van der Waals surface area contributed by atoms with E-state index in [1.807, 2.05) is 36.4 Å². The molecule has 2 rings (SSSR count). The second-order valence-corrected chi connectivity index (χ2v) is 6.04. The van der Waals surface area contributed by atoms with Crippen molar-refractivity contribution in [1.29, 1.82) is 0 Å². The Morgan fingerprint density at radius 3 is 2.58 bits per heavy atom. The van der Waals surface area contributed by atoms with Crippen LogP contribution < -0.4 is 9.47 Å². The van der Waals surface area contributed by atoms with Crippen molar-refractivity contribution in [3.05, 3.63) is 65.7 Å². The zero-order valence-electron chi connectivity index (χ0n) is 13.7. The third-order valence-corrected chi connectivity index (χ3v) is 4.02. The van der Waals surface area contributed by atoms with Gasteiger partial charge in [-0.2, -0.15) is 0 Å². The fourth-order valence-electron chi connectivity index (χ4n) is 2.12. The van der Waals surface area contributed by atoms with Crippen molar-refractivity contribution in [2.24, 2.45) is 0 Å². The number of hydrogen-bond acceptors (Lipinski definition) is 3. The minimum Gasteiger partial charge on any atom is -0.497 e. The van der Waals surface area contributed by atoms with Crippen LogP contribution in [0.4, 0.5) is 0 Å². The minimum atomic E-state index is -0.0383. The maximum atomic E-state index is 12.2. The molecule has 0 unspecified atom stereocenters. The Labute approximate surface area is 151 Å². The lowest BCUT2D eigenvalue weighted by Gasteiger charge is -2.05. The Balaban J connectivity index is 1.93. The van der Waals surface area contributed by atoms with E-state index in [2.05, 4.69) is 15.9 Å². The number of ketones is 1. The largest absolute Gasteiger partial charge is 0.497 e. The first kappa shape index (κ1) is 18.3. The highest BCUT2D eigenvalue weighted by Gasteiger charge is 2.02. The number of carbonyl (C=O) groups excluding carboxylic acids is 1. The average molecular weight is 389 g/mol. The van der Waals surface area contributed by atoms with Crippen molar-refractivity contribution in [3.63, 3.8) is 0 Å². The number of rotatable bonds is 9. The molecule has 0 amide bonds. The van der Waals surface area contributed by atoms with Crippen LogP contribution in [0.3, 0.4) is 0 Å². The standard InChI is InChI=1S/C20H21BrO3/c1-23-19-6-4-5-16(15-19)7-12-20(22)17-8-10-18(11-9-17)24-14-3-2-13-21/h4-12,15H,2-3,13-14H2,1H3. The molecule has 0 atom stereocenters. The Hall–Kier alpha value is -2.07. The van der Waals surface area contributed by atoms with Gasteiger partial charge in [0, 0.05) is 10.9 Å². The molecule has 0 heterocycles. The highest BCUT2D eigenvalue weighted by molar-refractivity contribution is 9.09. The fourth-order valence-corrected chi connectivity index (χ4v) is 2.51. The summed E-state index contributed by atoms with van der Waals surface area (Å²) in [4.78, 5) is 12.2. The Morgan fingerprint density at radius 1 is 1.08 bits per heavy atom. The summed E-state index contributed by atoms with van der Waals surface area (Å²) >= 11 is 3.39. The van der Waals surface area contributed by atoms with E-state index >= 15 is 0 Å². The van der Waals surface area contributed by atoms with E-state index in [-0.39, 0.29) is 5.78 Å². The monoisotopic (exact) mass is 388 g/mol. The highest BCUT2D eigenvalue weighted by atomic mass is 79.9. The molecule has 4 heteroatoms. The van der Waals surface area contributed by atoms with Gasteiger partial charge >= 0.3 is 0 Å². The molecular formula is C20H21BrO3. The van der Waals surface area contributed by atoms with Gasteiger partial charge in [-0.25, -0.2) is 0 Å². The van der Waals surface area contributed by atoms with E-state index in [4.69, 9.17) is 9.47 Å². The number of allylic oxidation sites excluding steroid dienone is 1. The van der Waals surface area contributed by atoms with Crippen LogP contribution in [-0.2, 0) is 0 Å². The summed E-state index contributed by atoms with van der Waals surface area (Å²) in [5, 5.41) is 0.990. The zero-order chi connectivity index (χ0) is 17.2. The molecule has 0 saturated heterocycles. The van der Waals surface area contributed by atoms with E-state index in [0.29, 0.717) is 12.2 Å². The molecule has 0 N–H and O–H groups in total. The van der Waals surface area contributed by atoms with Crippen molar-refractivity contribution >= 4 is 27.8 Å². The number of halogens is 1. The van der Waals surface area contributed by atoms with Crippen molar-refractivity contribution in [2.75, 3.05) is 19.0 Å². The van der Waals surface area contributed by atoms with Crippen molar-refractivity contribution < 1.29 is 14.3 Å². The predicted octanol–water partition coefficient (Wildman–Crippen LogP) is 5.15. The summed E-state index contributed by atoms with van der Waals surface area (Å²) in [5.41, 5.74) is 1.57. The molecule has 2 aromatic rings. The van der Waals surface area contributed by atoms with Crippen LogP contribution in [0.25, 0.3) is 6.08 Å². The fraction of sp³-hybridized carbons (Fsp3) is 0.250. The zero-order valence-corrected chi connectivity index (χ0v) is 15.3. The third-order valence-electron chi connectivity index (χ3n) is 3.46. The minimum absolute atomic E-state index is 0.0383. The molecule has 2 aromatic carbocycles. The van der Waals surface area contributed by atoms with Gasteiger partial charge in [0.05, 0.1) is 13.7 Å². The normalized spacial score (nSPS) is 10.8. The molecule has 0 aliphatic carbocycles. The van der Waals surface area contributed by atoms with Gasteiger partial charge in [0.15, 0.2) is 5.78 Å². The van der Waals surface area contributed by atoms with E-state index in [0.717, 1.165) is 35.2 Å². The smallest absolute Gasteiger partial charge is 0.185 e. The van der Waals surface area contributed by atoms with Gasteiger partial charge in [-0.1, -0.05) is 34.1 Å². The molecule has 0 aliphatic heterocycles. The second-order valence-electron chi connectivity index (χ2n) is 5.24. The van der Waals surface area contributed by atoms with Gasteiger partial charge in [0.25, 0.3) is 0 Å². The Kier molecular flexibility index (Phi) is 7.56. The number of unbranched alkanes of at least 4 members (excludes halogenated alkanes) is 1.